The van der Waals surface area contributed by atoms with Crippen molar-refractivity contribution < 1.29 is 9.94 Å². The first-order valence-corrected chi connectivity index (χ1v) is 5.54. The standard InChI is InChI=1S/C13H19NO2/c1-10(2)16-14-11(3)13-6-4-12(5-7-13)8-9-15/h4-7,10,15H,8-9H2,1-3H3/b14-11+. The summed E-state index contributed by atoms with van der Waals surface area (Å²) in [6.07, 6.45) is 0.794. The van der Waals surface area contributed by atoms with E-state index in [9.17, 15) is 0 Å². The highest BCUT2D eigenvalue weighted by Gasteiger charge is 1.99. The number of aliphatic hydroxyl groups excluding tert-OH is 1. The Bertz CT molecular complexity index is 341. The SMILES string of the molecule is C/C(=N\OC(C)C)c1ccc(CCO)cc1. The van der Waals surface area contributed by atoms with Gasteiger partial charge in [-0.3, -0.25) is 0 Å². The van der Waals surface area contributed by atoms with Gasteiger partial charge in [-0.2, -0.15) is 0 Å². The van der Waals surface area contributed by atoms with Crippen molar-refractivity contribution in [3.63, 3.8) is 0 Å². The lowest BCUT2D eigenvalue weighted by molar-refractivity contribution is 0.0860. The molecule has 1 N–H and O–H groups in total. The minimum atomic E-state index is 0.101. The van der Waals surface area contributed by atoms with E-state index >= 15 is 0 Å². The maximum Gasteiger partial charge on any atom is 0.122 e. The predicted octanol–water partition coefficient (Wildman–Crippen LogP) is 2.37. The van der Waals surface area contributed by atoms with Gasteiger partial charge in [0.2, 0.25) is 0 Å². The van der Waals surface area contributed by atoms with E-state index in [0.29, 0.717) is 6.42 Å². The van der Waals surface area contributed by atoms with Gasteiger partial charge in [-0.05, 0) is 38.3 Å². The average Bonchev–Trinajstić information content (AvgIpc) is 2.27. The lowest BCUT2D eigenvalue weighted by Gasteiger charge is -2.05. The van der Waals surface area contributed by atoms with E-state index in [0.717, 1.165) is 16.8 Å². The molecule has 0 amide bonds. The molecule has 0 heterocycles. The number of hydrogen-bond acceptors (Lipinski definition) is 3. The lowest BCUT2D eigenvalue weighted by Crippen LogP contribution is -2.01. The van der Waals surface area contributed by atoms with Crippen LogP contribution in [0, 0.1) is 0 Å². The number of rotatable bonds is 5. The molecule has 0 aliphatic heterocycles. The fraction of sp³-hybridized carbons (Fsp3) is 0.462. The van der Waals surface area contributed by atoms with Crippen molar-refractivity contribution >= 4 is 5.71 Å². The van der Waals surface area contributed by atoms with Crippen molar-refractivity contribution in [1.29, 1.82) is 0 Å². The Kier molecular flexibility index (Phi) is 4.99. The van der Waals surface area contributed by atoms with Crippen LogP contribution in [0.15, 0.2) is 29.4 Å². The van der Waals surface area contributed by atoms with Gasteiger partial charge in [-0.25, -0.2) is 0 Å². The molecule has 88 valence electrons. The molecule has 0 saturated heterocycles. The number of oxime groups is 1. The summed E-state index contributed by atoms with van der Waals surface area (Å²) in [7, 11) is 0. The van der Waals surface area contributed by atoms with Crippen molar-refractivity contribution in [3.05, 3.63) is 35.4 Å². The number of nitrogens with zero attached hydrogens (tertiary/aromatic N) is 1. The molecular formula is C13H19NO2. The van der Waals surface area contributed by atoms with Crippen LogP contribution in [0.2, 0.25) is 0 Å². The van der Waals surface area contributed by atoms with Gasteiger partial charge >= 0.3 is 0 Å². The smallest absolute Gasteiger partial charge is 0.122 e. The zero-order valence-electron chi connectivity index (χ0n) is 10.1. The Morgan fingerprint density at radius 2 is 1.94 bits per heavy atom. The summed E-state index contributed by atoms with van der Waals surface area (Å²) in [5, 5.41) is 12.8. The second-order valence-corrected chi connectivity index (χ2v) is 4.00. The minimum absolute atomic E-state index is 0.101. The second-order valence-electron chi connectivity index (χ2n) is 4.00. The molecule has 0 aromatic heterocycles. The van der Waals surface area contributed by atoms with Gasteiger partial charge in [-0.15, -0.1) is 0 Å². The Morgan fingerprint density at radius 1 is 1.31 bits per heavy atom. The minimum Gasteiger partial charge on any atom is -0.396 e. The topological polar surface area (TPSA) is 41.8 Å². The van der Waals surface area contributed by atoms with Crippen molar-refractivity contribution in [2.45, 2.75) is 33.3 Å². The lowest BCUT2D eigenvalue weighted by atomic mass is 10.1. The third kappa shape index (κ3) is 4.03. The molecule has 0 bridgehead atoms. The van der Waals surface area contributed by atoms with E-state index in [-0.39, 0.29) is 12.7 Å². The monoisotopic (exact) mass is 221 g/mol. The first-order chi connectivity index (χ1) is 7.63. The molecular weight excluding hydrogens is 202 g/mol. The van der Waals surface area contributed by atoms with Crippen LogP contribution in [0.1, 0.15) is 31.9 Å². The summed E-state index contributed by atoms with van der Waals surface area (Å²) in [6, 6.07) is 7.99. The van der Waals surface area contributed by atoms with Crippen LogP contribution in [-0.4, -0.2) is 23.5 Å². The third-order valence-corrected chi connectivity index (χ3v) is 2.17. The van der Waals surface area contributed by atoms with Crippen LogP contribution in [0.4, 0.5) is 0 Å². The molecule has 0 aliphatic carbocycles. The van der Waals surface area contributed by atoms with Crippen molar-refractivity contribution in [2.24, 2.45) is 5.16 Å². The highest BCUT2D eigenvalue weighted by atomic mass is 16.6. The summed E-state index contributed by atoms with van der Waals surface area (Å²) in [5.41, 5.74) is 3.04. The van der Waals surface area contributed by atoms with E-state index < -0.39 is 0 Å². The van der Waals surface area contributed by atoms with Crippen LogP contribution in [0.25, 0.3) is 0 Å². The molecule has 0 spiro atoms. The summed E-state index contributed by atoms with van der Waals surface area (Å²) >= 11 is 0. The molecule has 0 unspecified atom stereocenters. The van der Waals surface area contributed by atoms with Gasteiger partial charge in [0.15, 0.2) is 0 Å². The molecule has 0 saturated carbocycles. The van der Waals surface area contributed by atoms with E-state index in [1.54, 1.807) is 0 Å². The zero-order chi connectivity index (χ0) is 12.0. The van der Waals surface area contributed by atoms with Crippen molar-refractivity contribution in [2.75, 3.05) is 6.61 Å². The molecule has 0 fully saturated rings. The predicted molar refractivity (Wildman–Crippen MR) is 65.7 cm³/mol. The van der Waals surface area contributed by atoms with E-state index in [1.807, 2.05) is 45.0 Å². The summed E-state index contributed by atoms with van der Waals surface area (Å²) in [4.78, 5) is 5.18. The largest absolute Gasteiger partial charge is 0.396 e. The van der Waals surface area contributed by atoms with Crippen LogP contribution in [0.5, 0.6) is 0 Å². The molecule has 3 nitrogen and oxygen atoms in total. The molecule has 1 aromatic carbocycles. The maximum atomic E-state index is 8.80. The van der Waals surface area contributed by atoms with Gasteiger partial charge in [0.05, 0.1) is 5.71 Å². The molecule has 1 rings (SSSR count). The van der Waals surface area contributed by atoms with Gasteiger partial charge in [0, 0.05) is 6.61 Å². The van der Waals surface area contributed by atoms with Gasteiger partial charge in [-0.1, -0.05) is 29.4 Å². The summed E-state index contributed by atoms with van der Waals surface area (Å²) in [6.45, 7) is 5.99. The van der Waals surface area contributed by atoms with Crippen LogP contribution >= 0.6 is 0 Å². The molecule has 0 radical (unpaired) electrons. The first-order valence-electron chi connectivity index (χ1n) is 5.54. The van der Waals surface area contributed by atoms with Crippen LogP contribution in [-0.2, 0) is 11.3 Å². The number of benzene rings is 1. The molecule has 1 aromatic rings. The van der Waals surface area contributed by atoms with Crippen LogP contribution in [0.3, 0.4) is 0 Å². The quantitative estimate of drug-likeness (QED) is 0.612. The Morgan fingerprint density at radius 3 is 2.44 bits per heavy atom. The zero-order valence-corrected chi connectivity index (χ0v) is 10.1. The Labute approximate surface area is 96.7 Å². The second kappa shape index (κ2) is 6.28. The van der Waals surface area contributed by atoms with Crippen LogP contribution < -0.4 is 0 Å². The molecule has 0 atom stereocenters. The Balaban J connectivity index is 2.69. The Hall–Kier alpha value is -1.35. The normalized spacial score (nSPS) is 11.9. The number of hydrogen-bond donors (Lipinski definition) is 1. The fourth-order valence-corrected chi connectivity index (χ4v) is 1.28. The van der Waals surface area contributed by atoms with Gasteiger partial charge in [0.1, 0.15) is 6.10 Å². The highest BCUT2D eigenvalue weighted by Crippen LogP contribution is 2.07. The van der Waals surface area contributed by atoms with Crippen molar-refractivity contribution in [1.82, 2.24) is 0 Å². The maximum absolute atomic E-state index is 8.80. The first kappa shape index (κ1) is 12.7. The summed E-state index contributed by atoms with van der Waals surface area (Å²) in [5.74, 6) is 0. The molecule has 16 heavy (non-hydrogen) atoms. The van der Waals surface area contributed by atoms with E-state index in [4.69, 9.17) is 9.94 Å². The van der Waals surface area contributed by atoms with E-state index in [1.165, 1.54) is 0 Å². The van der Waals surface area contributed by atoms with Gasteiger partial charge < -0.3 is 9.94 Å². The average molecular weight is 221 g/mol. The van der Waals surface area contributed by atoms with E-state index in [2.05, 4.69) is 5.16 Å². The van der Waals surface area contributed by atoms with Gasteiger partial charge in [0.25, 0.3) is 0 Å². The molecule has 3 heteroatoms. The highest BCUT2D eigenvalue weighted by molar-refractivity contribution is 5.98. The molecule has 0 aliphatic rings. The third-order valence-electron chi connectivity index (χ3n) is 2.17. The number of aliphatic hydroxyl groups is 1. The summed E-state index contributed by atoms with van der Waals surface area (Å²) < 4.78 is 0. The van der Waals surface area contributed by atoms with Crippen molar-refractivity contribution in [3.8, 4) is 0 Å². The fourth-order valence-electron chi connectivity index (χ4n) is 1.28.